The highest BCUT2D eigenvalue weighted by atomic mass is 35.5. The zero-order chi connectivity index (χ0) is 23.7. The first-order valence-electron chi connectivity index (χ1n) is 11.7. The van der Waals surface area contributed by atoms with Crippen LogP contribution in [0.2, 0.25) is 5.02 Å². The highest BCUT2D eigenvalue weighted by Crippen LogP contribution is 2.52. The Morgan fingerprint density at radius 1 is 1.09 bits per heavy atom. The summed E-state index contributed by atoms with van der Waals surface area (Å²) < 4.78 is 31.1. The Balaban J connectivity index is 1.93. The maximum Gasteiger partial charge on any atom is 0.142 e. The van der Waals surface area contributed by atoms with Gasteiger partial charge in [0.2, 0.25) is 0 Å². The normalized spacial score (nSPS) is 17.2. The number of hydrogen-bond donors (Lipinski definition) is 1. The van der Waals surface area contributed by atoms with Gasteiger partial charge in [-0.25, -0.2) is 8.78 Å². The molecule has 1 nitrogen and oxygen atoms in total. The van der Waals surface area contributed by atoms with Gasteiger partial charge in [0.1, 0.15) is 11.6 Å². The summed E-state index contributed by atoms with van der Waals surface area (Å²) in [5.74, 6) is -0.702. The topological polar surface area (TPSA) is 26.0 Å². The molecular formula is C29H30ClF2N. The summed E-state index contributed by atoms with van der Waals surface area (Å²) >= 11 is 6.59. The van der Waals surface area contributed by atoms with E-state index in [9.17, 15) is 0 Å². The molecule has 4 heteroatoms. The van der Waals surface area contributed by atoms with Crippen LogP contribution in [-0.2, 0) is 12.8 Å². The minimum Gasteiger partial charge on any atom is -0.399 e. The van der Waals surface area contributed by atoms with Crippen LogP contribution in [-0.4, -0.2) is 0 Å². The third-order valence-electron chi connectivity index (χ3n) is 6.94. The summed E-state index contributed by atoms with van der Waals surface area (Å²) in [4.78, 5) is 0. The summed E-state index contributed by atoms with van der Waals surface area (Å²) in [5, 5.41) is -0.0542. The van der Waals surface area contributed by atoms with Crippen molar-refractivity contribution in [2.24, 2.45) is 5.73 Å². The standard InChI is InChI=1S/C29H30ClF2N/c1-4-5-7-12-20-13-14-22(18(3)33)26(29(20)32)27-25-17(2)23(19-10-8-6-9-11-19)15-21(25)16-24(31)28(27)30/h6,8-11,13-14,16-17,23H,3-5,7,12,15,33H2,1-2H3. The van der Waals surface area contributed by atoms with E-state index < -0.39 is 5.82 Å². The van der Waals surface area contributed by atoms with Gasteiger partial charge in [0, 0.05) is 22.4 Å². The fourth-order valence-corrected chi connectivity index (χ4v) is 5.49. The van der Waals surface area contributed by atoms with Crippen LogP contribution in [0.3, 0.4) is 0 Å². The Morgan fingerprint density at radius 2 is 1.82 bits per heavy atom. The summed E-state index contributed by atoms with van der Waals surface area (Å²) in [7, 11) is 0. The van der Waals surface area contributed by atoms with Crippen LogP contribution in [0.1, 0.15) is 72.8 Å². The molecule has 3 aromatic rings. The number of aryl methyl sites for hydroxylation is 1. The number of halogens is 3. The predicted octanol–water partition coefficient (Wildman–Crippen LogP) is 8.39. The minimum absolute atomic E-state index is 0.0394. The molecule has 3 aromatic carbocycles. The number of benzene rings is 3. The highest BCUT2D eigenvalue weighted by molar-refractivity contribution is 6.34. The van der Waals surface area contributed by atoms with Crippen molar-refractivity contribution in [1.29, 1.82) is 0 Å². The Hall–Kier alpha value is -2.65. The molecule has 0 saturated heterocycles. The molecule has 4 rings (SSSR count). The summed E-state index contributed by atoms with van der Waals surface area (Å²) in [6.45, 7) is 8.09. The Labute approximate surface area is 200 Å². The second-order valence-corrected chi connectivity index (χ2v) is 9.45. The molecule has 0 saturated carbocycles. The average Bonchev–Trinajstić information content (AvgIpc) is 3.12. The zero-order valence-corrected chi connectivity index (χ0v) is 20.0. The fourth-order valence-electron chi connectivity index (χ4n) is 5.24. The lowest BCUT2D eigenvalue weighted by atomic mass is 9.83. The molecule has 0 fully saturated rings. The van der Waals surface area contributed by atoms with E-state index in [1.54, 1.807) is 12.1 Å². The van der Waals surface area contributed by atoms with Crippen LogP contribution < -0.4 is 5.73 Å². The van der Waals surface area contributed by atoms with Crippen LogP contribution in [0, 0.1) is 11.6 Å². The van der Waals surface area contributed by atoms with Crippen molar-refractivity contribution in [3.05, 3.63) is 99.6 Å². The van der Waals surface area contributed by atoms with Crippen LogP contribution in [0.25, 0.3) is 16.8 Å². The molecule has 172 valence electrons. The van der Waals surface area contributed by atoms with Crippen LogP contribution in [0.5, 0.6) is 0 Å². The first-order chi connectivity index (χ1) is 15.8. The molecule has 1 aliphatic carbocycles. The zero-order valence-electron chi connectivity index (χ0n) is 19.2. The monoisotopic (exact) mass is 465 g/mol. The van der Waals surface area contributed by atoms with E-state index in [2.05, 4.69) is 32.6 Å². The van der Waals surface area contributed by atoms with E-state index in [1.165, 1.54) is 11.6 Å². The molecule has 2 unspecified atom stereocenters. The Bertz CT molecular complexity index is 1190. The highest BCUT2D eigenvalue weighted by Gasteiger charge is 2.36. The largest absolute Gasteiger partial charge is 0.399 e. The van der Waals surface area contributed by atoms with E-state index in [0.29, 0.717) is 29.5 Å². The van der Waals surface area contributed by atoms with E-state index in [1.807, 2.05) is 18.2 Å². The maximum absolute atomic E-state index is 16.1. The number of unbranched alkanes of at least 4 members (excludes halogenated alkanes) is 2. The van der Waals surface area contributed by atoms with E-state index in [0.717, 1.165) is 30.4 Å². The van der Waals surface area contributed by atoms with Gasteiger partial charge >= 0.3 is 0 Å². The van der Waals surface area contributed by atoms with Crippen LogP contribution in [0.15, 0.2) is 55.1 Å². The molecule has 0 amide bonds. The van der Waals surface area contributed by atoms with Crippen molar-refractivity contribution in [2.45, 2.75) is 57.8 Å². The molecule has 0 heterocycles. The van der Waals surface area contributed by atoms with Gasteiger partial charge in [-0.2, -0.15) is 0 Å². The van der Waals surface area contributed by atoms with Gasteiger partial charge in [-0.15, -0.1) is 0 Å². The SMILES string of the molecule is C=C(N)c1ccc(CCCCC)c(F)c1-c1c(Cl)c(F)cc2c1C(C)C(c1ccccc1)C2. The van der Waals surface area contributed by atoms with Crippen molar-refractivity contribution < 1.29 is 8.78 Å². The molecular weight excluding hydrogens is 436 g/mol. The second kappa shape index (κ2) is 9.69. The van der Waals surface area contributed by atoms with Crippen molar-refractivity contribution in [3.8, 4) is 11.1 Å². The van der Waals surface area contributed by atoms with Gasteiger partial charge in [0.15, 0.2) is 0 Å². The van der Waals surface area contributed by atoms with Gasteiger partial charge in [-0.1, -0.05) is 87.3 Å². The predicted molar refractivity (Wildman–Crippen MR) is 135 cm³/mol. The molecule has 33 heavy (non-hydrogen) atoms. The van der Waals surface area contributed by atoms with Crippen molar-refractivity contribution in [1.82, 2.24) is 0 Å². The number of rotatable bonds is 7. The molecule has 2 N–H and O–H groups in total. The van der Waals surface area contributed by atoms with E-state index in [-0.39, 0.29) is 33.9 Å². The number of hydrogen-bond acceptors (Lipinski definition) is 1. The lowest BCUT2D eigenvalue weighted by Gasteiger charge is -2.22. The third-order valence-corrected chi connectivity index (χ3v) is 7.31. The first-order valence-corrected chi connectivity index (χ1v) is 12.0. The number of nitrogens with two attached hydrogens (primary N) is 1. The second-order valence-electron chi connectivity index (χ2n) is 9.07. The summed E-state index contributed by atoms with van der Waals surface area (Å²) in [5.41, 5.74) is 11.0. The minimum atomic E-state index is -0.532. The molecule has 0 bridgehead atoms. The maximum atomic E-state index is 16.1. The summed E-state index contributed by atoms with van der Waals surface area (Å²) in [6.07, 6.45) is 4.25. The lowest BCUT2D eigenvalue weighted by molar-refractivity contribution is 0.599. The Morgan fingerprint density at radius 3 is 2.48 bits per heavy atom. The van der Waals surface area contributed by atoms with Crippen LogP contribution >= 0.6 is 11.6 Å². The van der Waals surface area contributed by atoms with Crippen molar-refractivity contribution in [3.63, 3.8) is 0 Å². The van der Waals surface area contributed by atoms with Crippen molar-refractivity contribution >= 4 is 17.3 Å². The third kappa shape index (κ3) is 4.31. The van der Waals surface area contributed by atoms with Gasteiger partial charge < -0.3 is 5.73 Å². The Kier molecular flexibility index (Phi) is 6.90. The number of fused-ring (bicyclic) bond motifs is 1. The fraction of sp³-hybridized carbons (Fsp3) is 0.310. The van der Waals surface area contributed by atoms with Crippen LogP contribution in [0.4, 0.5) is 8.78 Å². The lowest BCUT2D eigenvalue weighted by Crippen LogP contribution is -2.07. The van der Waals surface area contributed by atoms with E-state index >= 15 is 8.78 Å². The first kappa shape index (κ1) is 23.5. The molecule has 0 spiro atoms. The smallest absolute Gasteiger partial charge is 0.142 e. The molecule has 0 aromatic heterocycles. The van der Waals surface area contributed by atoms with Crippen molar-refractivity contribution in [2.75, 3.05) is 0 Å². The van der Waals surface area contributed by atoms with E-state index in [4.69, 9.17) is 17.3 Å². The molecule has 0 radical (unpaired) electrons. The van der Waals surface area contributed by atoms with Gasteiger partial charge in [0.05, 0.1) is 5.02 Å². The molecule has 2 atom stereocenters. The quantitative estimate of drug-likeness (QED) is 0.348. The average molecular weight is 466 g/mol. The summed E-state index contributed by atoms with van der Waals surface area (Å²) in [6, 6.07) is 15.3. The van der Waals surface area contributed by atoms with Gasteiger partial charge in [-0.05, 0) is 59.4 Å². The molecule has 0 aliphatic heterocycles. The van der Waals surface area contributed by atoms with Gasteiger partial charge in [0.25, 0.3) is 0 Å². The van der Waals surface area contributed by atoms with Gasteiger partial charge in [-0.3, -0.25) is 0 Å². The molecule has 1 aliphatic rings.